The number of halogens is 1. The molecule has 2 heteroatoms. The predicted molar refractivity (Wildman–Crippen MR) is 234 cm³/mol. The molecule has 0 aliphatic rings. The van der Waals surface area contributed by atoms with E-state index in [1.165, 1.54) is 231 Å². The second kappa shape index (κ2) is 44.3. The molecule has 0 rings (SSSR count). The van der Waals surface area contributed by atoms with Gasteiger partial charge < -0.3 is 17.0 Å². The Morgan fingerprint density at radius 2 is 0.460 bits per heavy atom. The van der Waals surface area contributed by atoms with Crippen LogP contribution in [0.5, 0.6) is 0 Å². The normalized spacial score (nSPS) is 12.4. The zero-order valence-corrected chi connectivity index (χ0v) is 38.6. The number of hydrogen-bond donors (Lipinski definition) is 0. The van der Waals surface area contributed by atoms with Crippen LogP contribution in [0.1, 0.15) is 279 Å². The van der Waals surface area contributed by atoms with Crippen molar-refractivity contribution in [1.82, 2.24) is 0 Å². The van der Waals surface area contributed by atoms with E-state index in [1.54, 1.807) is 37.5 Å². The molecule has 0 aliphatic heterocycles. The molecule has 0 aromatic carbocycles. The van der Waals surface area contributed by atoms with E-state index in [2.05, 4.69) is 34.6 Å². The molecule has 0 aromatic heterocycles. The number of unbranched alkanes of at least 4 members (excludes halogenated alkanes) is 31. The smallest absolute Gasteiger partial charge is 0.0622 e. The molecule has 0 aliphatic carbocycles. The van der Waals surface area contributed by atoms with Gasteiger partial charge in [0, 0.05) is 7.26 Å². The van der Waals surface area contributed by atoms with Crippen molar-refractivity contribution in [2.24, 2.45) is 5.92 Å². The summed E-state index contributed by atoms with van der Waals surface area (Å²) in [7, 11) is -0.781. The largest absolute Gasteiger partial charge is 1.00 e. The SMILES string of the molecule is CCCCCCCCCCCCCCCCCCC(CCCCCCCCCCCCCCCC)C[P+](CCCC)(CCCC)CCCC.[Br-]. The van der Waals surface area contributed by atoms with Gasteiger partial charge in [-0.1, -0.05) is 247 Å². The topological polar surface area (TPSA) is 0 Å². The van der Waals surface area contributed by atoms with Crippen LogP contribution in [-0.2, 0) is 0 Å². The maximum absolute atomic E-state index is 2.44. The summed E-state index contributed by atoms with van der Waals surface area (Å²) in [6.07, 6.45) is 62.9. The molecule has 0 saturated carbocycles. The molecular weight excluding hydrogens is 687 g/mol. The predicted octanol–water partition coefficient (Wildman–Crippen LogP) is 15.5. The third-order valence-corrected chi connectivity index (χ3v) is 17.1. The molecular formula is C48H100BrP. The summed E-state index contributed by atoms with van der Waals surface area (Å²) in [5, 5.41) is 0. The number of rotatable bonds is 43. The first-order chi connectivity index (χ1) is 24.2. The van der Waals surface area contributed by atoms with Crippen molar-refractivity contribution in [3.8, 4) is 0 Å². The average molecular weight is 788 g/mol. The standard InChI is InChI=1S/C48H100P.BrH/c1-6-11-16-18-20-22-24-26-28-29-31-33-35-37-39-41-43-48(47-49(44-13-8-3,45-14-9-4)46-15-10-5)42-40-38-36-34-32-30-27-25-23-21-19-17-12-7-2;/h48H,6-47H2,1-5H3;1H/q+1;/p-1. The van der Waals surface area contributed by atoms with E-state index in [9.17, 15) is 0 Å². The molecule has 0 radical (unpaired) electrons. The Balaban J connectivity index is 0. The first-order valence-corrected chi connectivity index (χ1v) is 26.6. The van der Waals surface area contributed by atoms with Crippen LogP contribution >= 0.6 is 7.26 Å². The summed E-state index contributed by atoms with van der Waals surface area (Å²) in [4.78, 5) is 0. The van der Waals surface area contributed by atoms with Crippen LogP contribution in [0.25, 0.3) is 0 Å². The highest BCUT2D eigenvalue weighted by atomic mass is 79.9. The van der Waals surface area contributed by atoms with E-state index in [-0.39, 0.29) is 17.0 Å². The van der Waals surface area contributed by atoms with Crippen LogP contribution in [0, 0.1) is 5.92 Å². The molecule has 0 bridgehead atoms. The van der Waals surface area contributed by atoms with E-state index in [1.807, 2.05) is 0 Å². The van der Waals surface area contributed by atoms with E-state index in [4.69, 9.17) is 0 Å². The van der Waals surface area contributed by atoms with E-state index < -0.39 is 7.26 Å². The van der Waals surface area contributed by atoms with Gasteiger partial charge >= 0.3 is 0 Å². The van der Waals surface area contributed by atoms with Gasteiger partial charge in [-0.15, -0.1) is 0 Å². The summed E-state index contributed by atoms with van der Waals surface area (Å²) in [6, 6.07) is 0. The summed E-state index contributed by atoms with van der Waals surface area (Å²) in [5.41, 5.74) is 0. The fourth-order valence-electron chi connectivity index (χ4n) is 8.57. The first kappa shape index (κ1) is 53.0. The third kappa shape index (κ3) is 37.2. The van der Waals surface area contributed by atoms with Gasteiger partial charge in [-0.2, -0.15) is 0 Å². The zero-order valence-electron chi connectivity index (χ0n) is 36.1. The molecule has 0 fully saturated rings. The lowest BCUT2D eigenvalue weighted by molar-refractivity contribution is -0.0000111. The van der Waals surface area contributed by atoms with E-state index in [0.717, 1.165) is 5.92 Å². The molecule has 0 aromatic rings. The third-order valence-electron chi connectivity index (χ3n) is 12.0. The molecule has 50 heavy (non-hydrogen) atoms. The molecule has 0 amide bonds. The van der Waals surface area contributed by atoms with E-state index in [0.29, 0.717) is 0 Å². The Morgan fingerprint density at radius 3 is 0.680 bits per heavy atom. The molecule has 0 nitrogen and oxygen atoms in total. The fourth-order valence-corrected chi connectivity index (χ4v) is 14.2. The van der Waals surface area contributed by atoms with Gasteiger partial charge in [0.1, 0.15) is 0 Å². The van der Waals surface area contributed by atoms with Gasteiger partial charge in [0.05, 0.1) is 24.6 Å². The molecule has 0 spiro atoms. The molecule has 0 heterocycles. The highest BCUT2D eigenvalue weighted by molar-refractivity contribution is 7.75. The highest BCUT2D eigenvalue weighted by Gasteiger charge is 2.37. The van der Waals surface area contributed by atoms with Gasteiger partial charge in [0.25, 0.3) is 0 Å². The molecule has 0 N–H and O–H groups in total. The Labute approximate surface area is 331 Å². The second-order valence-corrected chi connectivity index (χ2v) is 21.5. The van der Waals surface area contributed by atoms with Crippen molar-refractivity contribution >= 4 is 7.26 Å². The average Bonchev–Trinajstić information content (AvgIpc) is 3.11. The molecule has 304 valence electrons. The fraction of sp³-hybridized carbons (Fsp3) is 1.00. The second-order valence-electron chi connectivity index (χ2n) is 17.1. The minimum absolute atomic E-state index is 0. The quantitative estimate of drug-likeness (QED) is 0.0426. The lowest BCUT2D eigenvalue weighted by atomic mass is 9.95. The van der Waals surface area contributed by atoms with Crippen LogP contribution in [0.4, 0.5) is 0 Å². The molecule has 0 saturated heterocycles. The number of hydrogen-bond acceptors (Lipinski definition) is 0. The van der Waals surface area contributed by atoms with Crippen molar-refractivity contribution in [3.05, 3.63) is 0 Å². The Morgan fingerprint density at radius 1 is 0.260 bits per heavy atom. The molecule has 1 unspecified atom stereocenters. The minimum Gasteiger partial charge on any atom is -1.00 e. The zero-order chi connectivity index (χ0) is 35.8. The maximum Gasteiger partial charge on any atom is 0.0622 e. The van der Waals surface area contributed by atoms with Crippen LogP contribution in [0.2, 0.25) is 0 Å². The van der Waals surface area contributed by atoms with Crippen molar-refractivity contribution < 1.29 is 17.0 Å². The Bertz CT molecular complexity index is 569. The van der Waals surface area contributed by atoms with Gasteiger partial charge in [-0.3, -0.25) is 0 Å². The van der Waals surface area contributed by atoms with Crippen LogP contribution in [0.3, 0.4) is 0 Å². The first-order valence-electron chi connectivity index (χ1n) is 24.0. The summed E-state index contributed by atoms with van der Waals surface area (Å²) in [6.45, 7) is 12.0. The van der Waals surface area contributed by atoms with Crippen LogP contribution in [0.15, 0.2) is 0 Å². The van der Waals surface area contributed by atoms with Crippen molar-refractivity contribution in [1.29, 1.82) is 0 Å². The monoisotopic (exact) mass is 787 g/mol. The lowest BCUT2D eigenvalue weighted by Gasteiger charge is -2.32. The molecule has 1 atom stereocenters. The summed E-state index contributed by atoms with van der Waals surface area (Å²) >= 11 is 0. The maximum atomic E-state index is 2.44. The van der Waals surface area contributed by atoms with Gasteiger partial charge in [-0.05, 0) is 38.0 Å². The van der Waals surface area contributed by atoms with Crippen molar-refractivity contribution in [3.63, 3.8) is 0 Å². The van der Waals surface area contributed by atoms with Crippen LogP contribution in [-0.4, -0.2) is 24.6 Å². The van der Waals surface area contributed by atoms with Gasteiger partial charge in [0.2, 0.25) is 0 Å². The van der Waals surface area contributed by atoms with Crippen LogP contribution < -0.4 is 17.0 Å². The minimum atomic E-state index is -0.781. The summed E-state index contributed by atoms with van der Waals surface area (Å²) in [5.74, 6) is 1.04. The summed E-state index contributed by atoms with van der Waals surface area (Å²) < 4.78 is 0. The van der Waals surface area contributed by atoms with Gasteiger partial charge in [0.15, 0.2) is 0 Å². The van der Waals surface area contributed by atoms with Gasteiger partial charge in [-0.25, -0.2) is 0 Å². The Hall–Kier alpha value is 0.910. The highest BCUT2D eigenvalue weighted by Crippen LogP contribution is 2.62. The lowest BCUT2D eigenvalue weighted by Crippen LogP contribution is -3.00. The van der Waals surface area contributed by atoms with Crippen molar-refractivity contribution in [2.45, 2.75) is 279 Å². The van der Waals surface area contributed by atoms with Crippen molar-refractivity contribution in [2.75, 3.05) is 24.6 Å². The Kier molecular flexibility index (Phi) is 47.0. The van der Waals surface area contributed by atoms with E-state index >= 15 is 0 Å².